The van der Waals surface area contributed by atoms with Crippen LogP contribution in [0, 0.1) is 0 Å². The van der Waals surface area contributed by atoms with Crippen molar-refractivity contribution in [3.63, 3.8) is 0 Å². The summed E-state index contributed by atoms with van der Waals surface area (Å²) in [6.45, 7) is 8.73. The van der Waals surface area contributed by atoms with Crippen LogP contribution in [0.2, 0.25) is 0 Å². The van der Waals surface area contributed by atoms with Crippen LogP contribution in [0.1, 0.15) is 71.4 Å². The van der Waals surface area contributed by atoms with Gasteiger partial charge in [-0.05, 0) is 38.3 Å². The molecule has 2 fully saturated rings. The van der Waals surface area contributed by atoms with Crippen LogP contribution in [0.4, 0.5) is 0 Å². The van der Waals surface area contributed by atoms with Crippen molar-refractivity contribution in [3.8, 4) is 0 Å². The number of rotatable bonds is 4. The molecule has 1 N–H and O–H groups in total. The fraction of sp³-hybridized carbons (Fsp3) is 0.800. The topological polar surface area (TPSA) is 58.4 Å². The molecule has 1 atom stereocenters. The van der Waals surface area contributed by atoms with Crippen molar-refractivity contribution < 1.29 is 5.11 Å². The van der Waals surface area contributed by atoms with Crippen LogP contribution in [-0.4, -0.2) is 44.5 Å². The Morgan fingerprint density at radius 3 is 2.60 bits per heavy atom. The first-order chi connectivity index (χ1) is 11.8. The van der Waals surface area contributed by atoms with Crippen molar-refractivity contribution in [3.05, 3.63) is 28.2 Å². The van der Waals surface area contributed by atoms with Crippen molar-refractivity contribution in [2.24, 2.45) is 0 Å². The maximum Gasteiger partial charge on any atom is 0.266 e. The molecule has 0 aromatic carbocycles. The molecule has 0 radical (unpaired) electrons. The lowest BCUT2D eigenvalue weighted by atomic mass is 9.84. The van der Waals surface area contributed by atoms with Crippen LogP contribution in [0.15, 0.2) is 16.9 Å². The van der Waals surface area contributed by atoms with Gasteiger partial charge in [0, 0.05) is 24.1 Å². The molecule has 140 valence electrons. The van der Waals surface area contributed by atoms with E-state index in [9.17, 15) is 9.90 Å². The fourth-order valence-corrected chi connectivity index (χ4v) is 4.24. The number of β-amino-alcohol motifs (C(OH)–C–C–N with tert-alkyl or cyclic N) is 1. The normalized spacial score (nSPS) is 24.6. The van der Waals surface area contributed by atoms with E-state index in [0.29, 0.717) is 12.6 Å². The SMILES string of the molecule is CC(C)(C)c1ccc(=O)n(CC2CCCN2CC2(O)CCCCC2)n1. The van der Waals surface area contributed by atoms with Crippen LogP contribution >= 0.6 is 0 Å². The molecular weight excluding hydrogens is 314 g/mol. The Hall–Kier alpha value is -1.20. The van der Waals surface area contributed by atoms with Gasteiger partial charge in [-0.25, -0.2) is 4.68 Å². The maximum absolute atomic E-state index is 12.3. The highest BCUT2D eigenvalue weighted by atomic mass is 16.3. The lowest BCUT2D eigenvalue weighted by molar-refractivity contribution is -0.0305. The van der Waals surface area contributed by atoms with Gasteiger partial charge in [0.2, 0.25) is 0 Å². The summed E-state index contributed by atoms with van der Waals surface area (Å²) in [6, 6.07) is 3.78. The van der Waals surface area contributed by atoms with Crippen LogP contribution in [-0.2, 0) is 12.0 Å². The predicted molar refractivity (Wildman–Crippen MR) is 99.8 cm³/mol. The summed E-state index contributed by atoms with van der Waals surface area (Å²) in [5, 5.41) is 15.5. The number of aromatic nitrogens is 2. The second-order valence-corrected chi connectivity index (χ2v) is 9.04. The lowest BCUT2D eigenvalue weighted by Gasteiger charge is -2.37. The van der Waals surface area contributed by atoms with E-state index in [2.05, 4.69) is 30.8 Å². The highest BCUT2D eigenvalue weighted by Crippen LogP contribution is 2.31. The van der Waals surface area contributed by atoms with E-state index in [-0.39, 0.29) is 11.0 Å². The van der Waals surface area contributed by atoms with Gasteiger partial charge in [-0.3, -0.25) is 9.69 Å². The van der Waals surface area contributed by atoms with Crippen LogP contribution in [0.25, 0.3) is 0 Å². The Morgan fingerprint density at radius 2 is 1.92 bits per heavy atom. The first-order valence-electron chi connectivity index (χ1n) is 9.82. The summed E-state index contributed by atoms with van der Waals surface area (Å²) in [5.41, 5.74) is 0.313. The summed E-state index contributed by atoms with van der Waals surface area (Å²) < 4.78 is 1.63. The fourth-order valence-electron chi connectivity index (χ4n) is 4.24. The van der Waals surface area contributed by atoms with Gasteiger partial charge in [-0.15, -0.1) is 0 Å². The van der Waals surface area contributed by atoms with Crippen LogP contribution in [0.3, 0.4) is 0 Å². The molecule has 0 amide bonds. The largest absolute Gasteiger partial charge is 0.389 e. The second kappa shape index (κ2) is 7.20. The molecule has 1 saturated carbocycles. The molecule has 0 bridgehead atoms. The average Bonchev–Trinajstić information content (AvgIpc) is 2.95. The molecule has 1 aliphatic heterocycles. The number of aliphatic hydroxyl groups is 1. The van der Waals surface area contributed by atoms with Gasteiger partial charge in [0.05, 0.1) is 17.8 Å². The van der Waals surface area contributed by atoms with Crippen molar-refractivity contribution in [1.29, 1.82) is 0 Å². The van der Waals surface area contributed by atoms with E-state index in [1.165, 1.54) is 6.42 Å². The van der Waals surface area contributed by atoms with Crippen molar-refractivity contribution in [1.82, 2.24) is 14.7 Å². The van der Waals surface area contributed by atoms with Crippen molar-refractivity contribution >= 4 is 0 Å². The zero-order valence-electron chi connectivity index (χ0n) is 16.0. The highest BCUT2D eigenvalue weighted by molar-refractivity contribution is 5.10. The standard InChI is InChI=1S/C20H33N3O2/c1-19(2,3)17-9-10-18(24)23(21-17)14-16-8-7-13-22(16)15-20(25)11-5-4-6-12-20/h9-10,16,25H,4-8,11-15H2,1-3H3. The maximum atomic E-state index is 12.3. The summed E-state index contributed by atoms with van der Waals surface area (Å²) >= 11 is 0. The third-order valence-corrected chi connectivity index (χ3v) is 5.80. The van der Waals surface area contributed by atoms with Crippen LogP contribution in [0.5, 0.6) is 0 Å². The van der Waals surface area contributed by atoms with Crippen LogP contribution < -0.4 is 5.56 Å². The summed E-state index contributed by atoms with van der Waals surface area (Å²) in [4.78, 5) is 14.7. The van der Waals surface area contributed by atoms with E-state index in [1.54, 1.807) is 10.7 Å². The Kier molecular flexibility index (Phi) is 5.35. The molecular formula is C20H33N3O2. The zero-order chi connectivity index (χ0) is 18.1. The highest BCUT2D eigenvalue weighted by Gasteiger charge is 2.35. The third kappa shape index (κ3) is 4.50. The monoisotopic (exact) mass is 347 g/mol. The van der Waals surface area contributed by atoms with Crippen molar-refractivity contribution in [2.75, 3.05) is 13.1 Å². The van der Waals surface area contributed by atoms with Gasteiger partial charge in [-0.2, -0.15) is 5.10 Å². The second-order valence-electron chi connectivity index (χ2n) is 9.04. The minimum Gasteiger partial charge on any atom is -0.389 e. The molecule has 1 aliphatic carbocycles. The van der Waals surface area contributed by atoms with Gasteiger partial charge in [0.25, 0.3) is 5.56 Å². The molecule has 1 saturated heterocycles. The van der Waals surface area contributed by atoms with Gasteiger partial charge >= 0.3 is 0 Å². The molecule has 1 aromatic rings. The lowest BCUT2D eigenvalue weighted by Crippen LogP contribution is -2.47. The predicted octanol–water partition coefficient (Wildman–Crippen LogP) is 2.70. The minimum atomic E-state index is -0.535. The summed E-state index contributed by atoms with van der Waals surface area (Å²) in [7, 11) is 0. The third-order valence-electron chi connectivity index (χ3n) is 5.80. The molecule has 5 nitrogen and oxygen atoms in total. The molecule has 1 aromatic heterocycles. The Bertz CT molecular complexity index is 641. The first-order valence-corrected chi connectivity index (χ1v) is 9.82. The number of likely N-dealkylation sites (tertiary alicyclic amines) is 1. The van der Waals surface area contributed by atoms with E-state index in [1.807, 2.05) is 6.07 Å². The minimum absolute atomic E-state index is 0.0313. The van der Waals surface area contributed by atoms with E-state index in [0.717, 1.165) is 57.3 Å². The molecule has 1 unspecified atom stereocenters. The number of hydrogen-bond donors (Lipinski definition) is 1. The summed E-state index contributed by atoms with van der Waals surface area (Å²) in [6.07, 6.45) is 7.53. The van der Waals surface area contributed by atoms with Gasteiger partial charge in [0.15, 0.2) is 0 Å². The Labute approximate surface area is 151 Å². The molecule has 0 spiro atoms. The van der Waals surface area contributed by atoms with E-state index in [4.69, 9.17) is 0 Å². The van der Waals surface area contributed by atoms with E-state index < -0.39 is 5.60 Å². The molecule has 5 heteroatoms. The van der Waals surface area contributed by atoms with Gasteiger partial charge < -0.3 is 5.11 Å². The zero-order valence-corrected chi connectivity index (χ0v) is 16.0. The summed E-state index contributed by atoms with van der Waals surface area (Å²) in [5.74, 6) is 0. The van der Waals surface area contributed by atoms with Gasteiger partial charge in [-0.1, -0.05) is 40.0 Å². The molecule has 25 heavy (non-hydrogen) atoms. The number of hydrogen-bond acceptors (Lipinski definition) is 4. The average molecular weight is 348 g/mol. The van der Waals surface area contributed by atoms with E-state index >= 15 is 0 Å². The molecule has 3 rings (SSSR count). The quantitative estimate of drug-likeness (QED) is 0.910. The molecule has 2 heterocycles. The first kappa shape index (κ1) is 18.6. The Balaban J connectivity index is 1.72. The van der Waals surface area contributed by atoms with Crippen molar-refractivity contribution in [2.45, 2.75) is 89.3 Å². The molecule has 2 aliphatic rings. The smallest absolute Gasteiger partial charge is 0.266 e. The number of nitrogens with zero attached hydrogens (tertiary/aromatic N) is 3. The Morgan fingerprint density at radius 1 is 1.20 bits per heavy atom. The van der Waals surface area contributed by atoms with Gasteiger partial charge in [0.1, 0.15) is 0 Å².